The molecule has 0 aliphatic carbocycles. The van der Waals surface area contributed by atoms with Crippen LogP contribution in [0.25, 0.3) is 16.6 Å². The monoisotopic (exact) mass is 395 g/mol. The van der Waals surface area contributed by atoms with E-state index in [-0.39, 0.29) is 5.52 Å². The second kappa shape index (κ2) is 7.09. The van der Waals surface area contributed by atoms with E-state index in [0.29, 0.717) is 11.5 Å². The molecule has 0 saturated heterocycles. The van der Waals surface area contributed by atoms with Crippen LogP contribution in [0.4, 0.5) is 24.7 Å². The summed E-state index contributed by atoms with van der Waals surface area (Å²) in [6.07, 6.45) is -3.66. The molecule has 0 N–H and O–H groups in total. The molecule has 2 aromatic carbocycles. The number of anilines is 2. The average molecular weight is 395 g/mol. The maximum absolute atomic E-state index is 13.5. The SMILES string of the molecule is CN(c1ccccc1)c1cc(=O)c2c(C(F)(F)F)nccc2n1-c1ccccc1. The predicted octanol–water partition coefficient (Wildman–Crippen LogP) is 5.17. The molecule has 0 atom stereocenters. The van der Waals surface area contributed by atoms with Crippen LogP contribution < -0.4 is 10.3 Å². The van der Waals surface area contributed by atoms with Gasteiger partial charge in [0, 0.05) is 30.7 Å². The molecular formula is C22H16F3N3O. The van der Waals surface area contributed by atoms with Gasteiger partial charge in [-0.1, -0.05) is 36.4 Å². The number of alkyl halides is 3. The van der Waals surface area contributed by atoms with Gasteiger partial charge in [0.2, 0.25) is 0 Å². The minimum absolute atomic E-state index is 0.142. The quantitative estimate of drug-likeness (QED) is 0.480. The molecule has 29 heavy (non-hydrogen) atoms. The number of aromatic nitrogens is 2. The third-order valence-electron chi connectivity index (χ3n) is 4.68. The summed E-state index contributed by atoms with van der Waals surface area (Å²) in [6.45, 7) is 0. The van der Waals surface area contributed by atoms with Crippen LogP contribution in [0.2, 0.25) is 0 Å². The van der Waals surface area contributed by atoms with Crippen LogP contribution in [0.3, 0.4) is 0 Å². The first-order chi connectivity index (χ1) is 13.9. The van der Waals surface area contributed by atoms with Gasteiger partial charge in [-0.15, -0.1) is 0 Å². The molecule has 0 unspecified atom stereocenters. The van der Waals surface area contributed by atoms with Gasteiger partial charge in [0.25, 0.3) is 0 Å². The summed E-state index contributed by atoms with van der Waals surface area (Å²) >= 11 is 0. The molecular weight excluding hydrogens is 379 g/mol. The van der Waals surface area contributed by atoms with Crippen molar-refractivity contribution in [2.75, 3.05) is 11.9 Å². The standard InChI is InChI=1S/C22H16F3N3O/c1-27(15-8-4-2-5-9-15)19-14-18(29)20-17(12-13-26-21(20)22(23,24)25)28(19)16-10-6-3-7-11-16/h2-14H,1H3. The number of rotatable bonds is 3. The molecule has 4 rings (SSSR count). The molecule has 146 valence electrons. The Kier molecular flexibility index (Phi) is 4.58. The van der Waals surface area contributed by atoms with Crippen LogP contribution in [0, 0.1) is 0 Å². The minimum Gasteiger partial charge on any atom is -0.330 e. The molecule has 2 heterocycles. The Morgan fingerprint density at radius 2 is 1.55 bits per heavy atom. The van der Waals surface area contributed by atoms with Gasteiger partial charge in [-0.05, 0) is 30.3 Å². The molecule has 0 aliphatic heterocycles. The fourth-order valence-corrected chi connectivity index (χ4v) is 3.35. The zero-order chi connectivity index (χ0) is 20.6. The second-order valence-electron chi connectivity index (χ2n) is 6.48. The summed E-state index contributed by atoms with van der Waals surface area (Å²) in [5.74, 6) is 0.444. The van der Waals surface area contributed by atoms with E-state index in [0.717, 1.165) is 11.9 Å². The van der Waals surface area contributed by atoms with E-state index < -0.39 is 22.7 Å². The van der Waals surface area contributed by atoms with Crippen molar-refractivity contribution < 1.29 is 13.2 Å². The third kappa shape index (κ3) is 3.35. The third-order valence-corrected chi connectivity index (χ3v) is 4.68. The normalized spacial score (nSPS) is 11.6. The van der Waals surface area contributed by atoms with Crippen LogP contribution in [0.5, 0.6) is 0 Å². The van der Waals surface area contributed by atoms with E-state index in [9.17, 15) is 18.0 Å². The first-order valence-corrected chi connectivity index (χ1v) is 8.84. The molecule has 2 aromatic heterocycles. The number of pyridine rings is 2. The molecule has 0 amide bonds. The van der Waals surface area contributed by atoms with Crippen molar-refractivity contribution in [3.8, 4) is 5.69 Å². The van der Waals surface area contributed by atoms with Crippen LogP contribution in [-0.4, -0.2) is 16.6 Å². The number of hydrogen-bond acceptors (Lipinski definition) is 3. The lowest BCUT2D eigenvalue weighted by Crippen LogP contribution is -2.22. The fraction of sp³-hybridized carbons (Fsp3) is 0.0909. The number of hydrogen-bond donors (Lipinski definition) is 0. The number of fused-ring (bicyclic) bond motifs is 1. The Balaban J connectivity index is 2.11. The van der Waals surface area contributed by atoms with E-state index in [1.54, 1.807) is 40.8 Å². The number of benzene rings is 2. The Hall–Kier alpha value is -3.61. The van der Waals surface area contributed by atoms with E-state index >= 15 is 0 Å². The molecule has 4 nitrogen and oxygen atoms in total. The summed E-state index contributed by atoms with van der Waals surface area (Å²) in [4.78, 5) is 18.0. The predicted molar refractivity (Wildman–Crippen MR) is 107 cm³/mol. The largest absolute Gasteiger partial charge is 0.434 e. The van der Waals surface area contributed by atoms with Crippen LogP contribution in [0.15, 0.2) is 83.8 Å². The summed E-state index contributed by atoms with van der Waals surface area (Å²) in [5.41, 5.74) is -0.344. The van der Waals surface area contributed by atoms with Gasteiger partial charge in [-0.3, -0.25) is 14.3 Å². The topological polar surface area (TPSA) is 38.1 Å². The number of nitrogens with zero attached hydrogens (tertiary/aromatic N) is 3. The van der Waals surface area contributed by atoms with Gasteiger partial charge in [0.1, 0.15) is 5.82 Å². The highest BCUT2D eigenvalue weighted by molar-refractivity contribution is 5.86. The maximum atomic E-state index is 13.5. The van der Waals surface area contributed by atoms with Gasteiger partial charge in [0.15, 0.2) is 11.1 Å². The summed E-state index contributed by atoms with van der Waals surface area (Å²) in [6, 6.07) is 20.9. The van der Waals surface area contributed by atoms with Gasteiger partial charge in [-0.2, -0.15) is 13.2 Å². The second-order valence-corrected chi connectivity index (χ2v) is 6.48. The van der Waals surface area contributed by atoms with Crippen molar-refractivity contribution in [3.05, 3.63) is 94.9 Å². The van der Waals surface area contributed by atoms with Crippen molar-refractivity contribution in [2.45, 2.75) is 6.18 Å². The molecule has 7 heteroatoms. The van der Waals surface area contributed by atoms with Gasteiger partial charge >= 0.3 is 6.18 Å². The van der Waals surface area contributed by atoms with E-state index in [1.807, 2.05) is 36.4 Å². The molecule has 0 bridgehead atoms. The number of para-hydroxylation sites is 2. The Labute approximate surface area is 164 Å². The van der Waals surface area contributed by atoms with E-state index in [2.05, 4.69) is 4.98 Å². The number of halogens is 3. The van der Waals surface area contributed by atoms with Crippen molar-refractivity contribution in [1.82, 2.24) is 9.55 Å². The molecule has 0 radical (unpaired) electrons. The lowest BCUT2D eigenvalue weighted by atomic mass is 10.1. The van der Waals surface area contributed by atoms with Gasteiger partial charge in [-0.25, -0.2) is 0 Å². The Morgan fingerprint density at radius 3 is 2.17 bits per heavy atom. The zero-order valence-corrected chi connectivity index (χ0v) is 15.4. The van der Waals surface area contributed by atoms with Crippen LogP contribution in [-0.2, 0) is 6.18 Å². The Morgan fingerprint density at radius 1 is 0.931 bits per heavy atom. The fourth-order valence-electron chi connectivity index (χ4n) is 3.35. The minimum atomic E-state index is -4.74. The van der Waals surface area contributed by atoms with Crippen molar-refractivity contribution >= 4 is 22.4 Å². The smallest absolute Gasteiger partial charge is 0.330 e. The van der Waals surface area contributed by atoms with Crippen molar-refractivity contribution in [2.24, 2.45) is 0 Å². The molecule has 0 spiro atoms. The highest BCUT2D eigenvalue weighted by Gasteiger charge is 2.36. The molecule has 0 saturated carbocycles. The highest BCUT2D eigenvalue weighted by atomic mass is 19.4. The summed E-state index contributed by atoms with van der Waals surface area (Å²) in [7, 11) is 1.77. The van der Waals surface area contributed by atoms with Gasteiger partial charge < -0.3 is 4.90 Å². The first-order valence-electron chi connectivity index (χ1n) is 8.84. The molecule has 4 aromatic rings. The van der Waals surface area contributed by atoms with Crippen LogP contribution >= 0.6 is 0 Å². The summed E-state index contributed by atoms with van der Waals surface area (Å²) in [5, 5.41) is -0.450. The summed E-state index contributed by atoms with van der Waals surface area (Å²) < 4.78 is 42.2. The van der Waals surface area contributed by atoms with E-state index in [1.165, 1.54) is 12.1 Å². The lowest BCUT2D eigenvalue weighted by Gasteiger charge is -2.26. The van der Waals surface area contributed by atoms with E-state index in [4.69, 9.17) is 0 Å². The molecule has 0 aliphatic rings. The van der Waals surface area contributed by atoms with Crippen molar-refractivity contribution in [1.29, 1.82) is 0 Å². The zero-order valence-electron chi connectivity index (χ0n) is 15.4. The average Bonchev–Trinajstić information content (AvgIpc) is 2.73. The maximum Gasteiger partial charge on any atom is 0.434 e. The highest BCUT2D eigenvalue weighted by Crippen LogP contribution is 2.34. The lowest BCUT2D eigenvalue weighted by molar-refractivity contribution is -0.139. The Bertz CT molecular complexity index is 1220. The van der Waals surface area contributed by atoms with Crippen molar-refractivity contribution in [3.63, 3.8) is 0 Å². The first kappa shape index (κ1) is 18.7. The molecule has 0 fully saturated rings. The van der Waals surface area contributed by atoms with Gasteiger partial charge in [0.05, 0.1) is 10.9 Å². The van der Waals surface area contributed by atoms with Crippen LogP contribution in [0.1, 0.15) is 5.69 Å².